The molecule has 2 N–H and O–H groups in total. The van der Waals surface area contributed by atoms with Crippen LogP contribution >= 0.6 is 0 Å². The molecule has 6 nitrogen and oxygen atoms in total. The lowest BCUT2D eigenvalue weighted by Crippen LogP contribution is -2.35. The van der Waals surface area contributed by atoms with Gasteiger partial charge < -0.3 is 10.0 Å². The van der Waals surface area contributed by atoms with Crippen LogP contribution < -0.4 is 0 Å². The minimum Gasteiger partial charge on any atom is -0.395 e. The minimum atomic E-state index is -0.182. The van der Waals surface area contributed by atoms with Gasteiger partial charge in [0.2, 0.25) is 5.82 Å². The number of H-pyrrole nitrogens is 1. The van der Waals surface area contributed by atoms with Crippen molar-refractivity contribution in [1.29, 1.82) is 0 Å². The second kappa shape index (κ2) is 7.38. The maximum absolute atomic E-state index is 12.3. The summed E-state index contributed by atoms with van der Waals surface area (Å²) in [7, 11) is 0. The Morgan fingerprint density at radius 1 is 1.35 bits per heavy atom. The van der Waals surface area contributed by atoms with Crippen molar-refractivity contribution in [2.24, 2.45) is 0 Å². The molecule has 0 spiro atoms. The number of hydrogen-bond donors (Lipinski definition) is 2. The zero-order chi connectivity index (χ0) is 14.4. The first-order valence-electron chi connectivity index (χ1n) is 7.58. The zero-order valence-electron chi connectivity index (χ0n) is 12.1. The van der Waals surface area contributed by atoms with E-state index in [0.717, 1.165) is 31.5 Å². The fourth-order valence-corrected chi connectivity index (χ4v) is 2.22. The van der Waals surface area contributed by atoms with E-state index in [1.165, 1.54) is 12.8 Å². The molecule has 1 heterocycles. The summed E-state index contributed by atoms with van der Waals surface area (Å²) in [6, 6.07) is 0. The number of aliphatic hydroxyl groups is 1. The van der Waals surface area contributed by atoms with E-state index >= 15 is 0 Å². The van der Waals surface area contributed by atoms with E-state index in [1.54, 1.807) is 4.90 Å². The Morgan fingerprint density at radius 2 is 2.15 bits per heavy atom. The van der Waals surface area contributed by atoms with Crippen LogP contribution in [0.3, 0.4) is 0 Å². The predicted octanol–water partition coefficient (Wildman–Crippen LogP) is 1.70. The Hall–Kier alpha value is -1.43. The third-order valence-corrected chi connectivity index (χ3v) is 3.60. The van der Waals surface area contributed by atoms with E-state index in [1.807, 2.05) is 0 Å². The van der Waals surface area contributed by atoms with E-state index in [2.05, 4.69) is 22.1 Å². The van der Waals surface area contributed by atoms with Crippen LogP contribution in [-0.2, 0) is 0 Å². The quantitative estimate of drug-likeness (QED) is 0.674. The van der Waals surface area contributed by atoms with Crippen molar-refractivity contribution in [1.82, 2.24) is 20.1 Å². The van der Waals surface area contributed by atoms with E-state index in [9.17, 15) is 4.79 Å². The molecule has 1 aromatic rings. The molecular formula is C14H24N4O2. The summed E-state index contributed by atoms with van der Waals surface area (Å²) >= 11 is 0. The standard InChI is InChI=1S/C14H24N4O2/c1-2-3-4-5-8-18(9-10-19)14(20)13-15-12(16-17-13)11-6-7-11/h11,19H,2-10H2,1H3,(H,15,16,17). The van der Waals surface area contributed by atoms with Crippen molar-refractivity contribution in [3.05, 3.63) is 11.6 Å². The molecule has 1 fully saturated rings. The molecule has 6 heteroatoms. The molecule has 1 amide bonds. The van der Waals surface area contributed by atoms with Gasteiger partial charge in [-0.1, -0.05) is 26.2 Å². The summed E-state index contributed by atoms with van der Waals surface area (Å²) in [4.78, 5) is 18.3. The summed E-state index contributed by atoms with van der Waals surface area (Å²) in [6.45, 7) is 3.13. The molecule has 20 heavy (non-hydrogen) atoms. The first-order chi connectivity index (χ1) is 9.76. The Morgan fingerprint density at radius 3 is 2.80 bits per heavy atom. The molecular weight excluding hydrogens is 256 g/mol. The number of amides is 1. The van der Waals surface area contributed by atoms with Crippen molar-refractivity contribution in [2.45, 2.75) is 51.4 Å². The van der Waals surface area contributed by atoms with Gasteiger partial charge in [0.25, 0.3) is 5.91 Å². The lowest BCUT2D eigenvalue weighted by Gasteiger charge is -2.20. The lowest BCUT2D eigenvalue weighted by molar-refractivity contribution is 0.0706. The molecule has 0 saturated heterocycles. The topological polar surface area (TPSA) is 82.1 Å². The molecule has 0 unspecified atom stereocenters. The summed E-state index contributed by atoms with van der Waals surface area (Å²) < 4.78 is 0. The molecule has 0 radical (unpaired) electrons. The fourth-order valence-electron chi connectivity index (χ4n) is 2.22. The normalized spacial score (nSPS) is 14.5. The number of nitrogens with zero attached hydrogens (tertiary/aromatic N) is 3. The molecule has 0 bridgehead atoms. The van der Waals surface area contributed by atoms with Crippen LogP contribution in [0.15, 0.2) is 0 Å². The highest BCUT2D eigenvalue weighted by atomic mass is 16.3. The van der Waals surface area contributed by atoms with E-state index < -0.39 is 0 Å². The van der Waals surface area contributed by atoms with Crippen molar-refractivity contribution < 1.29 is 9.90 Å². The Bertz CT molecular complexity index is 429. The highest BCUT2D eigenvalue weighted by molar-refractivity contribution is 5.90. The number of aromatic amines is 1. The average Bonchev–Trinajstić information content (AvgIpc) is 3.19. The second-order valence-electron chi connectivity index (χ2n) is 5.39. The monoisotopic (exact) mass is 280 g/mol. The van der Waals surface area contributed by atoms with Crippen molar-refractivity contribution in [2.75, 3.05) is 19.7 Å². The molecule has 2 rings (SSSR count). The molecule has 1 aliphatic rings. The van der Waals surface area contributed by atoms with Gasteiger partial charge in [-0.2, -0.15) is 0 Å². The van der Waals surface area contributed by atoms with Gasteiger partial charge in [-0.05, 0) is 19.3 Å². The van der Waals surface area contributed by atoms with E-state index in [4.69, 9.17) is 5.11 Å². The third-order valence-electron chi connectivity index (χ3n) is 3.60. The first-order valence-corrected chi connectivity index (χ1v) is 7.58. The number of carbonyl (C=O) groups excluding carboxylic acids is 1. The van der Waals surface area contributed by atoms with Crippen molar-refractivity contribution >= 4 is 5.91 Å². The largest absolute Gasteiger partial charge is 0.395 e. The number of hydrogen-bond acceptors (Lipinski definition) is 4. The Balaban J connectivity index is 1.90. The van der Waals surface area contributed by atoms with E-state index in [-0.39, 0.29) is 18.3 Å². The summed E-state index contributed by atoms with van der Waals surface area (Å²) in [5.74, 6) is 1.33. The summed E-state index contributed by atoms with van der Waals surface area (Å²) in [5.41, 5.74) is 0. The van der Waals surface area contributed by atoms with Gasteiger partial charge in [-0.25, -0.2) is 4.98 Å². The van der Waals surface area contributed by atoms with Gasteiger partial charge in [-0.15, -0.1) is 5.10 Å². The van der Waals surface area contributed by atoms with Gasteiger partial charge in [0.05, 0.1) is 6.61 Å². The number of carbonyl (C=O) groups is 1. The van der Waals surface area contributed by atoms with Gasteiger partial charge in [0.1, 0.15) is 5.82 Å². The number of rotatable bonds is 9. The first kappa shape index (κ1) is 15.0. The molecule has 1 aliphatic carbocycles. The van der Waals surface area contributed by atoms with Gasteiger partial charge in [0, 0.05) is 19.0 Å². The van der Waals surface area contributed by atoms with Crippen LogP contribution in [0.5, 0.6) is 0 Å². The van der Waals surface area contributed by atoms with Crippen LogP contribution in [0.25, 0.3) is 0 Å². The number of aromatic nitrogens is 3. The molecule has 0 atom stereocenters. The minimum absolute atomic E-state index is 0.0284. The summed E-state index contributed by atoms with van der Waals surface area (Å²) in [6.07, 6.45) is 6.65. The number of aliphatic hydroxyl groups excluding tert-OH is 1. The van der Waals surface area contributed by atoms with Crippen molar-refractivity contribution in [3.8, 4) is 0 Å². The van der Waals surface area contributed by atoms with Crippen LogP contribution in [0.2, 0.25) is 0 Å². The molecule has 1 aromatic heterocycles. The predicted molar refractivity (Wildman–Crippen MR) is 75.5 cm³/mol. The molecule has 0 aromatic carbocycles. The fraction of sp³-hybridized carbons (Fsp3) is 0.786. The van der Waals surface area contributed by atoms with Crippen LogP contribution in [-0.4, -0.2) is 50.8 Å². The van der Waals surface area contributed by atoms with Crippen LogP contribution in [0.4, 0.5) is 0 Å². The van der Waals surface area contributed by atoms with Crippen LogP contribution in [0, 0.1) is 0 Å². The number of nitrogens with one attached hydrogen (secondary N) is 1. The molecule has 0 aliphatic heterocycles. The molecule has 1 saturated carbocycles. The van der Waals surface area contributed by atoms with Crippen molar-refractivity contribution in [3.63, 3.8) is 0 Å². The lowest BCUT2D eigenvalue weighted by atomic mass is 10.2. The maximum atomic E-state index is 12.3. The zero-order valence-corrected chi connectivity index (χ0v) is 12.1. The van der Waals surface area contributed by atoms with Gasteiger partial charge in [-0.3, -0.25) is 9.89 Å². The Labute approximate surface area is 119 Å². The van der Waals surface area contributed by atoms with Crippen LogP contribution in [0.1, 0.15) is 67.8 Å². The van der Waals surface area contributed by atoms with E-state index in [0.29, 0.717) is 19.0 Å². The third kappa shape index (κ3) is 4.03. The highest BCUT2D eigenvalue weighted by Gasteiger charge is 2.29. The number of unbranched alkanes of at least 4 members (excludes halogenated alkanes) is 3. The average molecular weight is 280 g/mol. The SMILES string of the molecule is CCCCCCN(CCO)C(=O)c1n[nH]c(C2CC2)n1. The van der Waals surface area contributed by atoms with Gasteiger partial charge >= 0.3 is 0 Å². The van der Waals surface area contributed by atoms with Gasteiger partial charge in [0.15, 0.2) is 0 Å². The molecule has 112 valence electrons. The smallest absolute Gasteiger partial charge is 0.293 e. The second-order valence-corrected chi connectivity index (χ2v) is 5.39. The maximum Gasteiger partial charge on any atom is 0.293 e. The Kier molecular flexibility index (Phi) is 5.52. The summed E-state index contributed by atoms with van der Waals surface area (Å²) in [5, 5.41) is 16.0. The highest BCUT2D eigenvalue weighted by Crippen LogP contribution is 2.37.